The van der Waals surface area contributed by atoms with Crippen LogP contribution in [0.5, 0.6) is 0 Å². The maximum atomic E-state index is 6.57. The lowest BCUT2D eigenvalue weighted by Crippen LogP contribution is -2.41. The molecule has 1 N–H and O–H groups in total. The predicted octanol–water partition coefficient (Wildman–Crippen LogP) is 6.60. The molecule has 8 heteroatoms. The van der Waals surface area contributed by atoms with Crippen molar-refractivity contribution in [1.29, 1.82) is 0 Å². The van der Waals surface area contributed by atoms with E-state index in [0.717, 1.165) is 51.4 Å². The highest BCUT2D eigenvalue weighted by atomic mass is 35.5. The average molecular weight is 480 g/mol. The van der Waals surface area contributed by atoms with Gasteiger partial charge in [0.1, 0.15) is 0 Å². The summed E-state index contributed by atoms with van der Waals surface area (Å²) < 4.78 is 1.97. The topological polar surface area (TPSA) is 33.1 Å². The van der Waals surface area contributed by atoms with Crippen LogP contribution in [0.2, 0.25) is 15.1 Å². The number of hydrogen-bond acceptors (Lipinski definition) is 4. The van der Waals surface area contributed by atoms with Gasteiger partial charge >= 0.3 is 0 Å². The molecule has 4 nitrogen and oxygen atoms in total. The SMILES string of the molecule is Clc1ccc(-n2nc(CNN3CCCCC3)c3c2-c2ccc(Cl)cc2SC3)c(Cl)c1. The van der Waals surface area contributed by atoms with Crippen molar-refractivity contribution in [2.75, 3.05) is 13.1 Å². The molecule has 0 radical (unpaired) electrons. The summed E-state index contributed by atoms with van der Waals surface area (Å²) >= 11 is 20.8. The second-order valence-corrected chi connectivity index (χ2v) is 9.89. The van der Waals surface area contributed by atoms with Crippen LogP contribution >= 0.6 is 46.6 Å². The zero-order chi connectivity index (χ0) is 20.7. The lowest BCUT2D eigenvalue weighted by Gasteiger charge is -2.27. The largest absolute Gasteiger partial charge is 0.249 e. The van der Waals surface area contributed by atoms with Crippen molar-refractivity contribution in [3.8, 4) is 16.9 Å². The fourth-order valence-corrected chi connectivity index (χ4v) is 5.95. The van der Waals surface area contributed by atoms with Gasteiger partial charge in [-0.15, -0.1) is 11.8 Å². The number of rotatable bonds is 4. The minimum Gasteiger partial charge on any atom is -0.249 e. The Balaban J connectivity index is 1.59. The molecule has 1 saturated heterocycles. The van der Waals surface area contributed by atoms with E-state index >= 15 is 0 Å². The Kier molecular flexibility index (Phi) is 6.02. The molecule has 2 aromatic carbocycles. The molecular weight excluding hydrogens is 459 g/mol. The van der Waals surface area contributed by atoms with Crippen molar-refractivity contribution in [3.05, 3.63) is 62.7 Å². The Bertz CT molecular complexity index is 1090. The van der Waals surface area contributed by atoms with Crippen molar-refractivity contribution in [3.63, 3.8) is 0 Å². The Morgan fingerprint density at radius 1 is 0.967 bits per heavy atom. The summed E-state index contributed by atoms with van der Waals surface area (Å²) in [6.45, 7) is 2.87. The van der Waals surface area contributed by atoms with Gasteiger partial charge in [0.05, 0.1) is 28.6 Å². The summed E-state index contributed by atoms with van der Waals surface area (Å²) in [7, 11) is 0. The molecule has 0 aliphatic carbocycles. The number of fused-ring (bicyclic) bond motifs is 3. The molecule has 0 unspecified atom stereocenters. The monoisotopic (exact) mass is 478 g/mol. The number of hydrogen-bond donors (Lipinski definition) is 1. The quantitative estimate of drug-likeness (QED) is 0.457. The van der Waals surface area contributed by atoms with Crippen molar-refractivity contribution >= 4 is 46.6 Å². The standard InChI is InChI=1S/C22H21Cl3N4S/c23-14-5-7-20(18(25)10-14)29-22-16-6-4-15(24)11-21(16)30-13-17(22)19(27-29)12-26-28-8-2-1-3-9-28/h4-7,10-11,26H,1-3,8-9,12-13H2. The molecule has 1 aromatic heterocycles. The molecule has 3 aromatic rings. The van der Waals surface area contributed by atoms with Gasteiger partial charge in [-0.1, -0.05) is 47.3 Å². The summed E-state index contributed by atoms with van der Waals surface area (Å²) in [5.74, 6) is 0.852. The van der Waals surface area contributed by atoms with Gasteiger partial charge in [-0.2, -0.15) is 5.10 Å². The van der Waals surface area contributed by atoms with Gasteiger partial charge in [-0.05, 0) is 43.2 Å². The first kappa shape index (κ1) is 20.7. The summed E-state index contributed by atoms with van der Waals surface area (Å²) in [5.41, 5.74) is 8.92. The molecular formula is C22H21Cl3N4S. The molecule has 5 rings (SSSR count). The van der Waals surface area contributed by atoms with Gasteiger partial charge < -0.3 is 0 Å². The lowest BCUT2D eigenvalue weighted by molar-refractivity contribution is 0.150. The Hall–Kier alpha value is -1.21. The van der Waals surface area contributed by atoms with Gasteiger partial charge in [0.25, 0.3) is 0 Å². The lowest BCUT2D eigenvalue weighted by atomic mass is 10.1. The van der Waals surface area contributed by atoms with E-state index in [0.29, 0.717) is 16.6 Å². The molecule has 2 aliphatic heterocycles. The summed E-state index contributed by atoms with van der Waals surface area (Å²) in [6, 6.07) is 11.6. The molecule has 0 spiro atoms. The molecule has 0 atom stereocenters. The minimum atomic E-state index is 0.581. The van der Waals surface area contributed by atoms with Gasteiger partial charge in [0.15, 0.2) is 0 Å². The third-order valence-electron chi connectivity index (χ3n) is 5.60. The molecule has 0 amide bonds. The van der Waals surface area contributed by atoms with E-state index in [1.54, 1.807) is 17.8 Å². The van der Waals surface area contributed by atoms with Crippen molar-refractivity contribution in [2.45, 2.75) is 36.5 Å². The first-order valence-electron chi connectivity index (χ1n) is 10.1. The van der Waals surface area contributed by atoms with E-state index in [1.807, 2.05) is 28.9 Å². The van der Waals surface area contributed by atoms with Crippen LogP contribution in [0.4, 0.5) is 0 Å². The zero-order valence-corrected chi connectivity index (χ0v) is 19.4. The van der Waals surface area contributed by atoms with Crippen LogP contribution < -0.4 is 5.43 Å². The number of aromatic nitrogens is 2. The Morgan fingerprint density at radius 3 is 2.53 bits per heavy atom. The second kappa shape index (κ2) is 8.73. The summed E-state index contributed by atoms with van der Waals surface area (Å²) in [4.78, 5) is 1.16. The fourth-order valence-electron chi connectivity index (χ4n) is 4.09. The van der Waals surface area contributed by atoms with Crippen LogP contribution in [0.3, 0.4) is 0 Å². The van der Waals surface area contributed by atoms with Crippen molar-refractivity contribution in [2.24, 2.45) is 0 Å². The van der Waals surface area contributed by atoms with Gasteiger partial charge in [0.2, 0.25) is 0 Å². The molecule has 3 heterocycles. The first-order valence-corrected chi connectivity index (χ1v) is 12.2. The predicted molar refractivity (Wildman–Crippen MR) is 126 cm³/mol. The van der Waals surface area contributed by atoms with E-state index in [4.69, 9.17) is 39.9 Å². The van der Waals surface area contributed by atoms with Crippen LogP contribution in [0.15, 0.2) is 41.3 Å². The minimum absolute atomic E-state index is 0.581. The van der Waals surface area contributed by atoms with Crippen LogP contribution in [0, 0.1) is 0 Å². The third kappa shape index (κ3) is 3.99. The molecule has 2 aliphatic rings. The van der Waals surface area contributed by atoms with Gasteiger partial charge in [-0.3, -0.25) is 0 Å². The average Bonchev–Trinajstić information content (AvgIpc) is 3.11. The smallest absolute Gasteiger partial charge is 0.0840 e. The van der Waals surface area contributed by atoms with E-state index in [1.165, 1.54) is 24.8 Å². The van der Waals surface area contributed by atoms with Crippen molar-refractivity contribution in [1.82, 2.24) is 20.2 Å². The molecule has 0 saturated carbocycles. The number of benzene rings is 2. The highest BCUT2D eigenvalue weighted by molar-refractivity contribution is 7.98. The highest BCUT2D eigenvalue weighted by Gasteiger charge is 2.27. The van der Waals surface area contributed by atoms with E-state index in [2.05, 4.69) is 16.5 Å². The van der Waals surface area contributed by atoms with Gasteiger partial charge in [0, 0.05) is 44.9 Å². The third-order valence-corrected chi connectivity index (χ3v) is 7.46. The molecule has 30 heavy (non-hydrogen) atoms. The van der Waals surface area contributed by atoms with Crippen molar-refractivity contribution < 1.29 is 0 Å². The number of hydrazine groups is 1. The maximum Gasteiger partial charge on any atom is 0.0840 e. The number of thioether (sulfide) groups is 1. The van der Waals surface area contributed by atoms with Crippen LogP contribution in [-0.2, 0) is 12.3 Å². The van der Waals surface area contributed by atoms with E-state index in [9.17, 15) is 0 Å². The highest BCUT2D eigenvalue weighted by Crippen LogP contribution is 2.45. The first-order chi connectivity index (χ1) is 14.6. The second-order valence-electron chi connectivity index (χ2n) is 7.59. The van der Waals surface area contributed by atoms with Crippen LogP contribution in [0.25, 0.3) is 16.9 Å². The van der Waals surface area contributed by atoms with Crippen LogP contribution in [-0.4, -0.2) is 27.9 Å². The zero-order valence-electron chi connectivity index (χ0n) is 16.3. The fraction of sp³-hybridized carbons (Fsp3) is 0.318. The normalized spacial score (nSPS) is 16.4. The molecule has 156 valence electrons. The number of nitrogens with one attached hydrogen (secondary N) is 1. The summed E-state index contributed by atoms with van der Waals surface area (Å²) in [5, 5.41) is 9.26. The number of nitrogens with zero attached hydrogens (tertiary/aromatic N) is 3. The Labute approximate surface area is 195 Å². The molecule has 1 fully saturated rings. The van der Waals surface area contributed by atoms with E-state index in [-0.39, 0.29) is 0 Å². The Morgan fingerprint density at radius 2 is 1.73 bits per heavy atom. The van der Waals surface area contributed by atoms with Gasteiger partial charge in [-0.25, -0.2) is 15.1 Å². The number of halogens is 3. The number of piperidine rings is 1. The maximum absolute atomic E-state index is 6.57. The van der Waals surface area contributed by atoms with E-state index < -0.39 is 0 Å². The summed E-state index contributed by atoms with van der Waals surface area (Å²) in [6.07, 6.45) is 3.79. The van der Waals surface area contributed by atoms with Crippen LogP contribution in [0.1, 0.15) is 30.5 Å². The molecule has 0 bridgehead atoms.